The minimum atomic E-state index is -0.320. The zero-order valence-electron chi connectivity index (χ0n) is 6.92. The van der Waals surface area contributed by atoms with Crippen LogP contribution < -0.4 is 0 Å². The zero-order chi connectivity index (χ0) is 8.32. The van der Waals surface area contributed by atoms with Crippen molar-refractivity contribution in [2.45, 2.75) is 25.3 Å². The molecule has 0 atom stereocenters. The van der Waals surface area contributed by atoms with Crippen LogP contribution in [0.1, 0.15) is 19.8 Å². The van der Waals surface area contributed by atoms with Gasteiger partial charge in [0, 0.05) is 13.1 Å². The third-order valence-corrected chi connectivity index (χ3v) is 2.35. The molecule has 0 aromatic carbocycles. The summed E-state index contributed by atoms with van der Waals surface area (Å²) in [7, 11) is 0. The van der Waals surface area contributed by atoms with Gasteiger partial charge in [0.05, 0.1) is 0 Å². The third kappa shape index (κ3) is 1.79. The lowest BCUT2D eigenvalue weighted by atomic mass is 9.91. The summed E-state index contributed by atoms with van der Waals surface area (Å²) in [6.07, 6.45) is 3.52. The van der Waals surface area contributed by atoms with E-state index in [4.69, 9.17) is 0 Å². The van der Waals surface area contributed by atoms with Crippen LogP contribution in [0.4, 0.5) is 0 Å². The van der Waals surface area contributed by atoms with Gasteiger partial charge in [-0.05, 0) is 26.0 Å². The number of rotatable bonds is 2. The second kappa shape index (κ2) is 3.03. The Morgan fingerprint density at radius 1 is 1.55 bits per heavy atom. The van der Waals surface area contributed by atoms with Gasteiger partial charge >= 0.3 is 0 Å². The fourth-order valence-electron chi connectivity index (χ4n) is 1.28. The van der Waals surface area contributed by atoms with E-state index in [1.807, 2.05) is 13.1 Å². The number of likely N-dealkylation sites (tertiary alicyclic amines) is 1. The van der Waals surface area contributed by atoms with Gasteiger partial charge in [-0.3, -0.25) is 0 Å². The van der Waals surface area contributed by atoms with E-state index >= 15 is 0 Å². The SMILES string of the molecule is C=CN1CCC(C)(N=O)CC1. The first kappa shape index (κ1) is 8.24. The predicted octanol–water partition coefficient (Wildman–Crippen LogP) is 1.75. The number of hydrogen-bond donors (Lipinski definition) is 0. The van der Waals surface area contributed by atoms with Gasteiger partial charge in [-0.2, -0.15) is 4.91 Å². The molecule has 1 fully saturated rings. The Labute approximate surface area is 67.1 Å². The Hall–Kier alpha value is -0.860. The molecule has 0 aliphatic carbocycles. The Morgan fingerprint density at radius 3 is 2.45 bits per heavy atom. The quantitative estimate of drug-likeness (QED) is 0.567. The summed E-state index contributed by atoms with van der Waals surface area (Å²) in [5, 5.41) is 3.14. The second-order valence-corrected chi connectivity index (χ2v) is 3.31. The molecule has 0 aromatic heterocycles. The van der Waals surface area contributed by atoms with Crippen molar-refractivity contribution in [1.29, 1.82) is 0 Å². The van der Waals surface area contributed by atoms with E-state index in [1.165, 1.54) is 0 Å². The third-order valence-electron chi connectivity index (χ3n) is 2.35. The Balaban J connectivity index is 2.46. The van der Waals surface area contributed by atoms with Crippen molar-refractivity contribution in [3.05, 3.63) is 17.7 Å². The summed E-state index contributed by atoms with van der Waals surface area (Å²) in [5.41, 5.74) is -0.320. The van der Waals surface area contributed by atoms with Crippen LogP contribution in [-0.4, -0.2) is 23.5 Å². The van der Waals surface area contributed by atoms with Crippen LogP contribution in [0.5, 0.6) is 0 Å². The molecule has 1 aliphatic heterocycles. The van der Waals surface area contributed by atoms with E-state index in [-0.39, 0.29) is 5.54 Å². The van der Waals surface area contributed by atoms with Crippen molar-refractivity contribution >= 4 is 0 Å². The molecule has 0 amide bonds. The highest BCUT2D eigenvalue weighted by molar-refractivity contribution is 4.91. The molecule has 0 spiro atoms. The Bertz CT molecular complexity index is 159. The standard InChI is InChI=1S/C8H14N2O/c1-3-10-6-4-8(2,9-11)5-7-10/h3H,1,4-7H2,2H3. The van der Waals surface area contributed by atoms with Gasteiger partial charge in [-0.25, -0.2) is 0 Å². The van der Waals surface area contributed by atoms with E-state index in [9.17, 15) is 4.91 Å². The molecule has 0 unspecified atom stereocenters. The molecule has 0 N–H and O–H groups in total. The van der Waals surface area contributed by atoms with Crippen LogP contribution in [0.15, 0.2) is 18.0 Å². The molecular weight excluding hydrogens is 140 g/mol. The summed E-state index contributed by atoms with van der Waals surface area (Å²) in [5.74, 6) is 0. The molecule has 0 aromatic rings. The van der Waals surface area contributed by atoms with Crippen molar-refractivity contribution in [3.8, 4) is 0 Å². The van der Waals surface area contributed by atoms with Crippen molar-refractivity contribution in [1.82, 2.24) is 4.90 Å². The average molecular weight is 154 g/mol. The summed E-state index contributed by atoms with van der Waals surface area (Å²) in [6.45, 7) is 7.41. The van der Waals surface area contributed by atoms with Crippen LogP contribution >= 0.6 is 0 Å². The maximum atomic E-state index is 10.4. The highest BCUT2D eigenvalue weighted by atomic mass is 16.3. The fraction of sp³-hybridized carbons (Fsp3) is 0.750. The molecule has 3 nitrogen and oxygen atoms in total. The lowest BCUT2D eigenvalue weighted by Gasteiger charge is -2.33. The minimum Gasteiger partial charge on any atom is -0.378 e. The van der Waals surface area contributed by atoms with Gasteiger partial charge in [-0.1, -0.05) is 11.8 Å². The first-order valence-electron chi connectivity index (χ1n) is 3.91. The Morgan fingerprint density at radius 2 is 2.09 bits per heavy atom. The van der Waals surface area contributed by atoms with Gasteiger partial charge in [0.25, 0.3) is 0 Å². The maximum Gasteiger partial charge on any atom is 0.103 e. The molecule has 1 saturated heterocycles. The number of nitrogens with zero attached hydrogens (tertiary/aromatic N) is 2. The molecule has 0 saturated carbocycles. The van der Waals surface area contributed by atoms with E-state index < -0.39 is 0 Å². The van der Waals surface area contributed by atoms with Crippen LogP contribution in [0.25, 0.3) is 0 Å². The molecule has 3 heteroatoms. The fourth-order valence-corrected chi connectivity index (χ4v) is 1.28. The molecular formula is C8H14N2O. The Kier molecular flexibility index (Phi) is 2.27. The van der Waals surface area contributed by atoms with E-state index in [2.05, 4.69) is 16.7 Å². The average Bonchev–Trinajstić information content (AvgIpc) is 2.06. The second-order valence-electron chi connectivity index (χ2n) is 3.31. The van der Waals surface area contributed by atoms with Crippen LogP contribution in [-0.2, 0) is 0 Å². The van der Waals surface area contributed by atoms with Crippen molar-refractivity contribution in [2.75, 3.05) is 13.1 Å². The maximum absolute atomic E-state index is 10.4. The van der Waals surface area contributed by atoms with Gasteiger partial charge in [-0.15, -0.1) is 0 Å². The molecule has 1 heterocycles. The van der Waals surface area contributed by atoms with Gasteiger partial charge in [0.2, 0.25) is 0 Å². The lowest BCUT2D eigenvalue weighted by molar-refractivity contribution is 0.225. The minimum absolute atomic E-state index is 0.320. The van der Waals surface area contributed by atoms with Crippen molar-refractivity contribution < 1.29 is 0 Å². The molecule has 1 rings (SSSR count). The number of piperidine rings is 1. The predicted molar refractivity (Wildman–Crippen MR) is 45.2 cm³/mol. The van der Waals surface area contributed by atoms with Crippen LogP contribution in [0.3, 0.4) is 0 Å². The number of hydrogen-bond acceptors (Lipinski definition) is 3. The topological polar surface area (TPSA) is 32.7 Å². The summed E-state index contributed by atoms with van der Waals surface area (Å²) in [6, 6.07) is 0. The zero-order valence-corrected chi connectivity index (χ0v) is 6.92. The molecule has 11 heavy (non-hydrogen) atoms. The van der Waals surface area contributed by atoms with Gasteiger partial charge < -0.3 is 4.90 Å². The van der Waals surface area contributed by atoms with Crippen molar-refractivity contribution in [3.63, 3.8) is 0 Å². The van der Waals surface area contributed by atoms with Gasteiger partial charge in [0.1, 0.15) is 5.54 Å². The highest BCUT2D eigenvalue weighted by Gasteiger charge is 2.29. The largest absolute Gasteiger partial charge is 0.378 e. The first-order chi connectivity index (χ1) is 5.20. The molecule has 1 aliphatic rings. The molecule has 62 valence electrons. The lowest BCUT2D eigenvalue weighted by Crippen LogP contribution is -2.38. The summed E-state index contributed by atoms with van der Waals surface area (Å²) in [4.78, 5) is 12.5. The van der Waals surface area contributed by atoms with E-state index in [1.54, 1.807) is 0 Å². The molecule has 0 radical (unpaired) electrons. The summed E-state index contributed by atoms with van der Waals surface area (Å²) >= 11 is 0. The van der Waals surface area contributed by atoms with Crippen molar-refractivity contribution in [2.24, 2.45) is 5.18 Å². The van der Waals surface area contributed by atoms with Crippen LogP contribution in [0.2, 0.25) is 0 Å². The monoisotopic (exact) mass is 154 g/mol. The first-order valence-corrected chi connectivity index (χ1v) is 3.91. The van der Waals surface area contributed by atoms with Gasteiger partial charge in [0.15, 0.2) is 0 Å². The van der Waals surface area contributed by atoms with E-state index in [0.29, 0.717) is 0 Å². The number of nitroso groups, excluding NO2 is 1. The van der Waals surface area contributed by atoms with E-state index in [0.717, 1.165) is 25.9 Å². The molecule has 0 bridgehead atoms. The smallest absolute Gasteiger partial charge is 0.103 e. The summed E-state index contributed by atoms with van der Waals surface area (Å²) < 4.78 is 0. The van der Waals surface area contributed by atoms with Crippen LogP contribution in [0, 0.1) is 4.91 Å². The normalized spacial score (nSPS) is 22.8. The highest BCUT2D eigenvalue weighted by Crippen LogP contribution is 2.25.